The van der Waals surface area contributed by atoms with Crippen LogP contribution in [0.2, 0.25) is 0 Å². The number of fused-ring (bicyclic) bond motifs is 1. The van der Waals surface area contributed by atoms with Gasteiger partial charge in [-0.25, -0.2) is 0 Å². The normalized spacial score (nSPS) is 11.5. The summed E-state index contributed by atoms with van der Waals surface area (Å²) >= 11 is 0. The Morgan fingerprint density at radius 3 is 2.38 bits per heavy atom. The molecule has 0 saturated heterocycles. The molecule has 0 unspecified atom stereocenters. The molecule has 32 heavy (non-hydrogen) atoms. The number of benzene rings is 2. The first-order chi connectivity index (χ1) is 15.3. The second-order valence-corrected chi connectivity index (χ2v) is 7.80. The fourth-order valence-corrected chi connectivity index (χ4v) is 3.86. The van der Waals surface area contributed by atoms with Crippen molar-refractivity contribution in [3.05, 3.63) is 58.4 Å². The minimum absolute atomic E-state index is 0.150. The van der Waals surface area contributed by atoms with Crippen molar-refractivity contribution in [2.45, 2.75) is 34.1 Å². The lowest BCUT2D eigenvalue weighted by Crippen LogP contribution is -2.23. The Bertz CT molecular complexity index is 1170. The van der Waals surface area contributed by atoms with E-state index in [0.717, 1.165) is 50.3 Å². The summed E-state index contributed by atoms with van der Waals surface area (Å²) in [5.74, 6) is 2.82. The maximum Gasteiger partial charge on any atom is 0.244 e. The maximum absolute atomic E-state index is 12.6. The molecule has 1 heterocycles. The van der Waals surface area contributed by atoms with Crippen LogP contribution in [0.4, 0.5) is 0 Å². The van der Waals surface area contributed by atoms with Crippen molar-refractivity contribution in [3.8, 4) is 17.2 Å². The van der Waals surface area contributed by atoms with Gasteiger partial charge in [0, 0.05) is 29.1 Å². The number of aryl methyl sites for hydroxylation is 3. The number of carbonyl (C=O) groups is 1. The minimum atomic E-state index is -0.150. The van der Waals surface area contributed by atoms with Crippen molar-refractivity contribution in [2.75, 3.05) is 27.9 Å². The number of rotatable bonds is 8. The lowest BCUT2D eigenvalue weighted by molar-refractivity contribution is -0.116. The van der Waals surface area contributed by atoms with E-state index in [2.05, 4.69) is 5.32 Å². The molecule has 0 aliphatic rings. The third kappa shape index (κ3) is 4.59. The van der Waals surface area contributed by atoms with E-state index in [1.54, 1.807) is 27.4 Å². The molecule has 0 fully saturated rings. The Labute approximate surface area is 189 Å². The fraction of sp³-hybridized carbons (Fsp3) is 0.346. The molecule has 2 aromatic carbocycles. The van der Waals surface area contributed by atoms with E-state index in [1.165, 1.54) is 0 Å². The number of nitrogens with one attached hydrogen (secondary N) is 1. The predicted molar refractivity (Wildman–Crippen MR) is 127 cm³/mol. The highest BCUT2D eigenvalue weighted by Crippen LogP contribution is 2.38. The van der Waals surface area contributed by atoms with Gasteiger partial charge in [0.25, 0.3) is 0 Å². The molecule has 0 aliphatic heterocycles. The van der Waals surface area contributed by atoms with E-state index in [9.17, 15) is 4.79 Å². The summed E-state index contributed by atoms with van der Waals surface area (Å²) in [5, 5.41) is 4.00. The van der Waals surface area contributed by atoms with Crippen LogP contribution in [0, 0.1) is 20.8 Å². The van der Waals surface area contributed by atoms with Crippen LogP contribution in [0.3, 0.4) is 0 Å². The van der Waals surface area contributed by atoms with Gasteiger partial charge in [-0.15, -0.1) is 0 Å². The Morgan fingerprint density at radius 2 is 1.72 bits per heavy atom. The number of carbonyl (C=O) groups excluding carboxylic acids is 1. The van der Waals surface area contributed by atoms with Gasteiger partial charge in [-0.2, -0.15) is 0 Å². The molecule has 3 aromatic rings. The summed E-state index contributed by atoms with van der Waals surface area (Å²) in [4.78, 5) is 12.6. The lowest BCUT2D eigenvalue weighted by atomic mass is 9.98. The molecular weight excluding hydrogens is 406 g/mol. The third-order valence-electron chi connectivity index (χ3n) is 5.78. The smallest absolute Gasteiger partial charge is 0.244 e. The predicted octanol–water partition coefficient (Wildman–Crippen LogP) is 5.15. The van der Waals surface area contributed by atoms with Gasteiger partial charge in [0.15, 0.2) is 11.5 Å². The first-order valence-corrected chi connectivity index (χ1v) is 10.5. The van der Waals surface area contributed by atoms with E-state index in [-0.39, 0.29) is 5.91 Å². The van der Waals surface area contributed by atoms with Crippen LogP contribution in [0.5, 0.6) is 17.2 Å². The molecule has 0 saturated carbocycles. The van der Waals surface area contributed by atoms with Crippen molar-refractivity contribution in [3.63, 3.8) is 0 Å². The van der Waals surface area contributed by atoms with Crippen LogP contribution in [0.25, 0.3) is 16.5 Å². The molecule has 170 valence electrons. The number of hydrogen-bond acceptors (Lipinski definition) is 5. The molecule has 6 nitrogen and oxygen atoms in total. The second kappa shape index (κ2) is 9.81. The van der Waals surface area contributed by atoms with Gasteiger partial charge in [-0.05, 0) is 69.0 Å². The Kier molecular flexibility index (Phi) is 7.13. The number of furan rings is 1. The van der Waals surface area contributed by atoms with Gasteiger partial charge in [0.2, 0.25) is 5.91 Å². The largest absolute Gasteiger partial charge is 0.496 e. The molecule has 1 amide bonds. The zero-order chi connectivity index (χ0) is 23.4. The zero-order valence-electron chi connectivity index (χ0n) is 19.8. The average Bonchev–Trinajstić information content (AvgIpc) is 3.07. The van der Waals surface area contributed by atoms with Crippen LogP contribution in [0.15, 0.2) is 34.8 Å². The van der Waals surface area contributed by atoms with E-state index < -0.39 is 0 Å². The van der Waals surface area contributed by atoms with E-state index in [4.69, 9.17) is 18.6 Å². The summed E-state index contributed by atoms with van der Waals surface area (Å²) < 4.78 is 22.2. The van der Waals surface area contributed by atoms with Crippen molar-refractivity contribution >= 4 is 22.4 Å². The zero-order valence-corrected chi connectivity index (χ0v) is 19.8. The number of methoxy groups -OCH3 is 3. The third-order valence-corrected chi connectivity index (χ3v) is 5.78. The fourth-order valence-electron chi connectivity index (χ4n) is 3.86. The van der Waals surface area contributed by atoms with E-state index in [0.29, 0.717) is 24.5 Å². The van der Waals surface area contributed by atoms with Crippen LogP contribution in [-0.2, 0) is 11.2 Å². The second-order valence-electron chi connectivity index (χ2n) is 7.80. The first-order valence-electron chi connectivity index (χ1n) is 10.5. The SMILES string of the molecule is COc1ccc(CCNC(=O)/C=C(\C)c2cc3c(C)c(C)oc3c(C)c2OC)cc1OC. The van der Waals surface area contributed by atoms with Crippen molar-refractivity contribution < 1.29 is 23.4 Å². The van der Waals surface area contributed by atoms with Gasteiger partial charge < -0.3 is 23.9 Å². The highest BCUT2D eigenvalue weighted by molar-refractivity contribution is 5.98. The Hall–Kier alpha value is -3.41. The van der Waals surface area contributed by atoms with Gasteiger partial charge in [0.1, 0.15) is 17.1 Å². The summed E-state index contributed by atoms with van der Waals surface area (Å²) in [6.45, 7) is 8.39. The molecule has 0 atom stereocenters. The van der Waals surface area contributed by atoms with Gasteiger partial charge in [0.05, 0.1) is 21.3 Å². The number of ether oxygens (including phenoxy) is 3. The van der Waals surface area contributed by atoms with Crippen LogP contribution < -0.4 is 19.5 Å². The molecule has 3 rings (SSSR count). The lowest BCUT2D eigenvalue weighted by Gasteiger charge is -2.13. The quantitative estimate of drug-likeness (QED) is 0.494. The summed E-state index contributed by atoms with van der Waals surface area (Å²) in [6.07, 6.45) is 2.29. The standard InChI is InChI=1S/C26H31NO5/c1-15(20-14-21-16(2)18(4)32-26(21)17(3)25(20)31-7)12-24(28)27-11-10-19-8-9-22(29-5)23(13-19)30-6/h8-9,12-14H,10-11H2,1-7H3,(H,27,28)/b15-12+. The van der Waals surface area contributed by atoms with Crippen LogP contribution in [0.1, 0.15) is 34.9 Å². The number of amides is 1. The molecule has 1 N–H and O–H groups in total. The van der Waals surface area contributed by atoms with Crippen molar-refractivity contribution in [1.29, 1.82) is 0 Å². The van der Waals surface area contributed by atoms with E-state index >= 15 is 0 Å². The molecule has 1 aromatic heterocycles. The average molecular weight is 438 g/mol. The summed E-state index contributed by atoms with van der Waals surface area (Å²) in [5.41, 5.74) is 5.62. The number of hydrogen-bond donors (Lipinski definition) is 1. The molecule has 6 heteroatoms. The maximum atomic E-state index is 12.6. The molecular formula is C26H31NO5. The Morgan fingerprint density at radius 1 is 1.00 bits per heavy atom. The van der Waals surface area contributed by atoms with Gasteiger partial charge in [-0.1, -0.05) is 6.07 Å². The van der Waals surface area contributed by atoms with Crippen LogP contribution in [-0.4, -0.2) is 33.8 Å². The van der Waals surface area contributed by atoms with Crippen LogP contribution >= 0.6 is 0 Å². The number of allylic oxidation sites excluding steroid dienone is 1. The summed E-state index contributed by atoms with van der Waals surface area (Å²) in [6, 6.07) is 7.79. The molecule has 0 spiro atoms. The highest BCUT2D eigenvalue weighted by Gasteiger charge is 2.18. The van der Waals surface area contributed by atoms with Gasteiger partial charge in [-0.3, -0.25) is 4.79 Å². The Balaban J connectivity index is 1.75. The van der Waals surface area contributed by atoms with E-state index in [1.807, 2.05) is 52.0 Å². The first kappa shape index (κ1) is 23.3. The minimum Gasteiger partial charge on any atom is -0.496 e. The van der Waals surface area contributed by atoms with Gasteiger partial charge >= 0.3 is 0 Å². The van der Waals surface area contributed by atoms with Crippen molar-refractivity contribution in [2.24, 2.45) is 0 Å². The van der Waals surface area contributed by atoms with Crippen molar-refractivity contribution in [1.82, 2.24) is 5.32 Å². The monoisotopic (exact) mass is 437 g/mol. The summed E-state index contributed by atoms with van der Waals surface area (Å²) in [7, 11) is 4.85. The topological polar surface area (TPSA) is 69.9 Å². The molecule has 0 aliphatic carbocycles. The highest BCUT2D eigenvalue weighted by atomic mass is 16.5. The molecule has 0 bridgehead atoms. The molecule has 0 radical (unpaired) electrons.